The lowest BCUT2D eigenvalue weighted by molar-refractivity contribution is 0.143. The Morgan fingerprint density at radius 1 is 0.848 bits per heavy atom. The second-order valence-corrected chi connectivity index (χ2v) is 8.72. The van der Waals surface area contributed by atoms with E-state index in [0.29, 0.717) is 18.1 Å². The van der Waals surface area contributed by atoms with Crippen LogP contribution in [0.5, 0.6) is 23.0 Å². The van der Waals surface area contributed by atoms with Crippen LogP contribution in [0, 0.1) is 17.2 Å². The van der Waals surface area contributed by atoms with E-state index in [0.717, 1.165) is 55.2 Å². The Balaban J connectivity index is 1.95. The van der Waals surface area contributed by atoms with Gasteiger partial charge in [-0.3, -0.25) is 0 Å². The third-order valence-electron chi connectivity index (χ3n) is 5.60. The van der Waals surface area contributed by atoms with E-state index in [4.69, 9.17) is 24.2 Å². The normalized spacial score (nSPS) is 11.8. The number of methoxy groups -OCH3 is 3. The van der Waals surface area contributed by atoms with Crippen molar-refractivity contribution >= 4 is 0 Å². The number of nitrogens with zero attached hydrogens (tertiary/aromatic N) is 2. The third-order valence-corrected chi connectivity index (χ3v) is 5.60. The van der Waals surface area contributed by atoms with E-state index >= 15 is 0 Å². The van der Waals surface area contributed by atoms with Crippen LogP contribution < -0.4 is 18.9 Å². The zero-order valence-electron chi connectivity index (χ0n) is 20.9. The second kappa shape index (κ2) is 13.6. The quantitative estimate of drug-likeness (QED) is 0.394. The lowest BCUT2D eigenvalue weighted by Gasteiger charge is -2.25. The maximum absolute atomic E-state index is 8.95. The van der Waals surface area contributed by atoms with Gasteiger partial charge in [0.2, 0.25) is 0 Å². The Morgan fingerprint density at radius 2 is 1.45 bits per heavy atom. The average Bonchev–Trinajstić information content (AvgIpc) is 2.81. The molecule has 1 atom stereocenters. The third kappa shape index (κ3) is 8.51. The molecule has 2 rings (SSSR count). The van der Waals surface area contributed by atoms with Gasteiger partial charge in [0.15, 0.2) is 23.0 Å². The van der Waals surface area contributed by atoms with Crippen LogP contribution in [0.1, 0.15) is 37.8 Å². The molecule has 33 heavy (non-hydrogen) atoms. The van der Waals surface area contributed by atoms with Crippen molar-refractivity contribution in [1.29, 1.82) is 5.26 Å². The molecule has 1 unspecified atom stereocenters. The van der Waals surface area contributed by atoms with Crippen LogP contribution in [0.3, 0.4) is 0 Å². The lowest BCUT2D eigenvalue weighted by Crippen LogP contribution is -2.29. The zero-order chi connectivity index (χ0) is 24.2. The van der Waals surface area contributed by atoms with Crippen molar-refractivity contribution in [2.24, 2.45) is 5.92 Å². The standard InChI is InChI=1S/C27H38N2O4/c1-20(2)17-23(33-25-10-8-21(11-14-28)18-27(25)32-6)13-16-29(3)15-12-22-7-9-24(30-4)26(19-22)31-5/h7-10,18-20,23H,11-13,15-17H2,1-6H3. The fourth-order valence-electron chi connectivity index (χ4n) is 3.77. The molecule has 0 radical (unpaired) electrons. The molecular weight excluding hydrogens is 416 g/mol. The summed E-state index contributed by atoms with van der Waals surface area (Å²) in [6, 6.07) is 14.0. The number of benzene rings is 2. The molecule has 0 bridgehead atoms. The van der Waals surface area contributed by atoms with Crippen LogP contribution in [-0.4, -0.2) is 52.5 Å². The van der Waals surface area contributed by atoms with Crippen molar-refractivity contribution in [1.82, 2.24) is 4.90 Å². The van der Waals surface area contributed by atoms with Gasteiger partial charge in [-0.2, -0.15) is 5.26 Å². The topological polar surface area (TPSA) is 64.0 Å². The molecule has 0 saturated carbocycles. The molecule has 2 aromatic carbocycles. The lowest BCUT2D eigenvalue weighted by atomic mass is 10.0. The van der Waals surface area contributed by atoms with Gasteiger partial charge in [0, 0.05) is 13.1 Å². The SMILES string of the molecule is COc1ccc(CCN(C)CCC(CC(C)C)Oc2ccc(CC#N)cc2OC)cc1OC. The van der Waals surface area contributed by atoms with Gasteiger partial charge in [-0.05, 0) is 67.6 Å². The Bertz CT molecular complexity index is 907. The summed E-state index contributed by atoms with van der Waals surface area (Å²) in [5, 5.41) is 8.95. The number of rotatable bonds is 14. The van der Waals surface area contributed by atoms with Crippen LogP contribution in [0.4, 0.5) is 0 Å². The molecule has 0 saturated heterocycles. The van der Waals surface area contributed by atoms with Crippen molar-refractivity contribution < 1.29 is 18.9 Å². The summed E-state index contributed by atoms with van der Waals surface area (Å²) in [5.74, 6) is 3.45. The number of ether oxygens (including phenoxy) is 4. The van der Waals surface area contributed by atoms with Crippen molar-refractivity contribution in [3.8, 4) is 29.1 Å². The highest BCUT2D eigenvalue weighted by Gasteiger charge is 2.17. The molecule has 0 amide bonds. The largest absolute Gasteiger partial charge is 0.493 e. The molecule has 2 aromatic rings. The maximum atomic E-state index is 8.95. The molecule has 180 valence electrons. The molecule has 0 heterocycles. The molecule has 6 nitrogen and oxygen atoms in total. The van der Waals surface area contributed by atoms with Gasteiger partial charge in [0.05, 0.1) is 33.8 Å². The molecule has 0 aromatic heterocycles. The summed E-state index contributed by atoms with van der Waals surface area (Å²) < 4.78 is 22.6. The van der Waals surface area contributed by atoms with E-state index in [1.54, 1.807) is 21.3 Å². The van der Waals surface area contributed by atoms with Crippen LogP contribution in [0.15, 0.2) is 36.4 Å². The van der Waals surface area contributed by atoms with Crippen LogP contribution in [-0.2, 0) is 12.8 Å². The molecule has 0 spiro atoms. The van der Waals surface area contributed by atoms with Crippen molar-refractivity contribution in [2.75, 3.05) is 41.5 Å². The molecule has 6 heteroatoms. The summed E-state index contributed by atoms with van der Waals surface area (Å²) in [7, 11) is 7.09. The first-order chi connectivity index (χ1) is 15.9. The molecule has 0 N–H and O–H groups in total. The summed E-state index contributed by atoms with van der Waals surface area (Å²) >= 11 is 0. The van der Waals surface area contributed by atoms with Crippen LogP contribution in [0.25, 0.3) is 0 Å². The minimum absolute atomic E-state index is 0.0873. The predicted molar refractivity (Wildman–Crippen MR) is 132 cm³/mol. The van der Waals surface area contributed by atoms with Gasteiger partial charge in [-0.25, -0.2) is 0 Å². The Hall–Kier alpha value is -2.91. The highest BCUT2D eigenvalue weighted by molar-refractivity contribution is 5.44. The van der Waals surface area contributed by atoms with Gasteiger partial charge in [0.1, 0.15) is 6.10 Å². The highest BCUT2D eigenvalue weighted by atomic mass is 16.5. The minimum Gasteiger partial charge on any atom is -0.493 e. The Morgan fingerprint density at radius 3 is 2.09 bits per heavy atom. The average molecular weight is 455 g/mol. The van der Waals surface area contributed by atoms with Gasteiger partial charge in [0.25, 0.3) is 0 Å². The number of hydrogen-bond donors (Lipinski definition) is 0. The Kier molecular flexibility index (Phi) is 10.9. The summed E-state index contributed by atoms with van der Waals surface area (Å²) in [6.07, 6.45) is 3.26. The zero-order valence-corrected chi connectivity index (χ0v) is 20.9. The predicted octanol–water partition coefficient (Wildman–Crippen LogP) is 5.14. The fourth-order valence-corrected chi connectivity index (χ4v) is 3.77. The highest BCUT2D eigenvalue weighted by Crippen LogP contribution is 2.31. The van der Waals surface area contributed by atoms with Crippen molar-refractivity contribution in [3.05, 3.63) is 47.5 Å². The van der Waals surface area contributed by atoms with Crippen LogP contribution >= 0.6 is 0 Å². The molecular formula is C27H38N2O4. The first kappa shape index (κ1) is 26.3. The van der Waals surface area contributed by atoms with Crippen molar-refractivity contribution in [3.63, 3.8) is 0 Å². The smallest absolute Gasteiger partial charge is 0.161 e. The summed E-state index contributed by atoms with van der Waals surface area (Å²) in [6.45, 7) is 6.30. The van der Waals surface area contributed by atoms with Crippen LogP contribution in [0.2, 0.25) is 0 Å². The molecule has 0 aliphatic carbocycles. The van der Waals surface area contributed by atoms with Gasteiger partial charge < -0.3 is 23.8 Å². The minimum atomic E-state index is 0.0873. The van der Waals surface area contributed by atoms with Gasteiger partial charge in [-0.1, -0.05) is 26.0 Å². The van der Waals surface area contributed by atoms with E-state index < -0.39 is 0 Å². The van der Waals surface area contributed by atoms with E-state index in [2.05, 4.69) is 37.9 Å². The monoisotopic (exact) mass is 454 g/mol. The second-order valence-electron chi connectivity index (χ2n) is 8.72. The molecule has 0 aliphatic rings. The molecule has 0 fully saturated rings. The Labute approximate surface area is 199 Å². The van der Waals surface area contributed by atoms with Crippen molar-refractivity contribution in [2.45, 2.75) is 45.6 Å². The van der Waals surface area contributed by atoms with E-state index in [-0.39, 0.29) is 6.10 Å². The van der Waals surface area contributed by atoms with E-state index in [1.807, 2.05) is 30.3 Å². The maximum Gasteiger partial charge on any atom is 0.161 e. The van der Waals surface area contributed by atoms with E-state index in [9.17, 15) is 0 Å². The fraction of sp³-hybridized carbons (Fsp3) is 0.519. The summed E-state index contributed by atoms with van der Waals surface area (Å²) in [4.78, 5) is 2.33. The first-order valence-corrected chi connectivity index (χ1v) is 11.5. The van der Waals surface area contributed by atoms with Gasteiger partial charge in [-0.15, -0.1) is 0 Å². The molecule has 0 aliphatic heterocycles. The first-order valence-electron chi connectivity index (χ1n) is 11.5. The van der Waals surface area contributed by atoms with E-state index in [1.165, 1.54) is 5.56 Å². The number of nitriles is 1. The number of hydrogen-bond acceptors (Lipinski definition) is 6. The summed E-state index contributed by atoms with van der Waals surface area (Å²) in [5.41, 5.74) is 2.15. The number of likely N-dealkylation sites (N-methyl/N-ethyl adjacent to an activating group) is 1. The van der Waals surface area contributed by atoms with Gasteiger partial charge >= 0.3 is 0 Å².